The lowest BCUT2D eigenvalue weighted by Crippen LogP contribution is -1.90. The van der Waals surface area contributed by atoms with Gasteiger partial charge >= 0.3 is 0 Å². The van der Waals surface area contributed by atoms with Crippen LogP contribution in [0.4, 0.5) is 4.39 Å². The predicted octanol–water partition coefficient (Wildman–Crippen LogP) is 1.76. The van der Waals surface area contributed by atoms with Crippen molar-refractivity contribution in [3.8, 4) is 5.75 Å². The van der Waals surface area contributed by atoms with Crippen molar-refractivity contribution in [2.45, 2.75) is 6.42 Å². The van der Waals surface area contributed by atoms with E-state index >= 15 is 0 Å². The van der Waals surface area contributed by atoms with Gasteiger partial charge in [0.2, 0.25) is 0 Å². The molecule has 0 spiro atoms. The highest BCUT2D eigenvalue weighted by Gasteiger charge is 2.01. The van der Waals surface area contributed by atoms with Crippen molar-refractivity contribution in [2.24, 2.45) is 0 Å². The number of methoxy groups -OCH3 is 1. The van der Waals surface area contributed by atoms with Crippen LogP contribution in [0.5, 0.6) is 5.75 Å². The van der Waals surface area contributed by atoms with Gasteiger partial charge in [-0.2, -0.15) is 0 Å². The number of hydrogen-bond donors (Lipinski definition) is 0. The molecule has 3 heteroatoms. The summed E-state index contributed by atoms with van der Waals surface area (Å²) in [5.74, 6) is 1.70. The van der Waals surface area contributed by atoms with Crippen LogP contribution in [0.15, 0.2) is 24.3 Å². The summed E-state index contributed by atoms with van der Waals surface area (Å²) in [5, 5.41) is 0. The molecule has 0 amide bonds. The fraction of sp³-hybridized carbons (Fsp3) is 0.200. The summed E-state index contributed by atoms with van der Waals surface area (Å²) < 4.78 is 18.0. The van der Waals surface area contributed by atoms with Crippen LogP contribution in [-0.4, -0.2) is 13.1 Å². The molecule has 0 aliphatic heterocycles. The van der Waals surface area contributed by atoms with Gasteiger partial charge in [-0.05, 0) is 11.6 Å². The minimum absolute atomic E-state index is 0.263. The normalized spacial score (nSPS) is 9.08. The van der Waals surface area contributed by atoms with E-state index in [1.165, 1.54) is 19.3 Å². The van der Waals surface area contributed by atoms with Crippen LogP contribution < -0.4 is 4.74 Å². The number of carbonyl (C=O) groups excluding carboxylic acids is 1. The van der Waals surface area contributed by atoms with Crippen molar-refractivity contribution >= 4 is 5.94 Å². The molecule has 1 aromatic rings. The summed E-state index contributed by atoms with van der Waals surface area (Å²) in [6.45, 7) is 0. The summed E-state index contributed by atoms with van der Waals surface area (Å²) in [4.78, 5) is 9.88. The van der Waals surface area contributed by atoms with Crippen molar-refractivity contribution in [2.75, 3.05) is 7.11 Å². The van der Waals surface area contributed by atoms with E-state index in [1.807, 2.05) is 0 Å². The molecule has 0 N–H and O–H groups in total. The van der Waals surface area contributed by atoms with Crippen LogP contribution >= 0.6 is 0 Å². The van der Waals surface area contributed by atoms with Gasteiger partial charge in [0, 0.05) is 18.6 Å². The molecule has 0 saturated heterocycles. The van der Waals surface area contributed by atoms with Crippen LogP contribution in [0.3, 0.4) is 0 Å². The van der Waals surface area contributed by atoms with Gasteiger partial charge in [-0.25, -0.2) is 9.18 Å². The van der Waals surface area contributed by atoms with Gasteiger partial charge in [0.05, 0.1) is 7.11 Å². The first kappa shape index (κ1) is 9.49. The molecule has 0 unspecified atom stereocenters. The molecule has 0 radical (unpaired) electrons. The van der Waals surface area contributed by atoms with Crippen LogP contribution in [-0.2, 0) is 11.2 Å². The Morgan fingerprint density at radius 3 is 2.92 bits per heavy atom. The van der Waals surface area contributed by atoms with E-state index in [0.29, 0.717) is 11.3 Å². The molecule has 0 fully saturated rings. The Morgan fingerprint density at radius 1 is 1.62 bits per heavy atom. The monoisotopic (exact) mass is 180 g/mol. The van der Waals surface area contributed by atoms with E-state index < -0.39 is 0 Å². The average Bonchev–Trinajstić information content (AvgIpc) is 2.16. The fourth-order valence-corrected chi connectivity index (χ4v) is 0.972. The topological polar surface area (TPSA) is 26.3 Å². The molecule has 1 rings (SSSR count). The van der Waals surface area contributed by atoms with Crippen molar-refractivity contribution in [3.05, 3.63) is 35.7 Å². The van der Waals surface area contributed by atoms with Crippen molar-refractivity contribution in [1.82, 2.24) is 0 Å². The minimum atomic E-state index is -0.370. The van der Waals surface area contributed by atoms with Crippen LogP contribution in [0.2, 0.25) is 0 Å². The summed E-state index contributed by atoms with van der Waals surface area (Å²) in [5.41, 5.74) is 0.462. The largest absolute Gasteiger partial charge is 0.497 e. The minimum Gasteiger partial charge on any atom is -0.497 e. The zero-order valence-corrected chi connectivity index (χ0v) is 7.21. The highest BCUT2D eigenvalue weighted by Crippen LogP contribution is 2.16. The molecule has 1 aromatic carbocycles. The molecular weight excluding hydrogens is 171 g/mol. The van der Waals surface area contributed by atoms with E-state index in [9.17, 15) is 9.18 Å². The maximum atomic E-state index is 13.1. The van der Waals surface area contributed by atoms with Gasteiger partial charge < -0.3 is 4.74 Å². The second kappa shape index (κ2) is 4.43. The maximum absolute atomic E-state index is 13.1. The first-order valence-electron chi connectivity index (χ1n) is 3.79. The molecule has 13 heavy (non-hydrogen) atoms. The van der Waals surface area contributed by atoms with Crippen molar-refractivity contribution in [1.29, 1.82) is 0 Å². The Kier molecular flexibility index (Phi) is 3.23. The van der Waals surface area contributed by atoms with Crippen LogP contribution in [0.1, 0.15) is 5.56 Å². The second-order valence-electron chi connectivity index (χ2n) is 2.48. The molecule has 0 saturated carbocycles. The van der Waals surface area contributed by atoms with Gasteiger partial charge in [0.1, 0.15) is 17.5 Å². The lowest BCUT2D eigenvalue weighted by Gasteiger charge is -2.02. The molecule has 0 aliphatic carbocycles. The van der Waals surface area contributed by atoms with E-state index in [4.69, 9.17) is 4.74 Å². The Balaban J connectivity index is 2.91. The summed E-state index contributed by atoms with van der Waals surface area (Å²) in [7, 11) is 1.47. The van der Waals surface area contributed by atoms with Gasteiger partial charge in [-0.1, -0.05) is 6.07 Å². The SMILES string of the molecule is COc1ccc(CC=C=O)c(F)c1. The maximum Gasteiger partial charge on any atom is 0.130 e. The van der Waals surface area contributed by atoms with Crippen molar-refractivity contribution < 1.29 is 13.9 Å². The van der Waals surface area contributed by atoms with E-state index in [-0.39, 0.29) is 12.2 Å². The molecule has 0 heterocycles. The molecule has 2 nitrogen and oxygen atoms in total. The number of hydrogen-bond acceptors (Lipinski definition) is 2. The first-order chi connectivity index (χ1) is 6.27. The summed E-state index contributed by atoms with van der Waals surface area (Å²) in [6.07, 6.45) is 1.50. The Labute approximate surface area is 75.6 Å². The quantitative estimate of drug-likeness (QED) is 0.662. The molecular formula is C10H9FO2. The van der Waals surface area contributed by atoms with Gasteiger partial charge in [0.15, 0.2) is 0 Å². The molecule has 0 atom stereocenters. The summed E-state index contributed by atoms with van der Waals surface area (Å²) in [6, 6.07) is 4.52. The molecule has 0 aromatic heterocycles. The van der Waals surface area contributed by atoms with E-state index in [0.717, 1.165) is 0 Å². The number of benzene rings is 1. The Hall–Kier alpha value is -1.60. The third kappa shape index (κ3) is 2.42. The Morgan fingerprint density at radius 2 is 2.38 bits per heavy atom. The third-order valence-corrected chi connectivity index (χ3v) is 1.67. The Bertz CT molecular complexity index is 341. The number of allylic oxidation sites excluding steroid dienone is 1. The van der Waals surface area contributed by atoms with E-state index in [1.54, 1.807) is 18.1 Å². The lowest BCUT2D eigenvalue weighted by molar-refractivity contribution is 0.411. The number of rotatable bonds is 3. The predicted molar refractivity (Wildman–Crippen MR) is 46.9 cm³/mol. The second-order valence-corrected chi connectivity index (χ2v) is 2.48. The molecule has 0 bridgehead atoms. The molecule has 68 valence electrons. The first-order valence-corrected chi connectivity index (χ1v) is 3.79. The lowest BCUT2D eigenvalue weighted by atomic mass is 10.1. The zero-order chi connectivity index (χ0) is 9.68. The highest BCUT2D eigenvalue weighted by molar-refractivity contribution is 5.46. The number of ether oxygens (including phenoxy) is 1. The van der Waals surface area contributed by atoms with Crippen LogP contribution in [0, 0.1) is 5.82 Å². The average molecular weight is 180 g/mol. The summed E-state index contributed by atoms with van der Waals surface area (Å²) >= 11 is 0. The molecule has 0 aliphatic rings. The highest BCUT2D eigenvalue weighted by atomic mass is 19.1. The zero-order valence-electron chi connectivity index (χ0n) is 7.21. The van der Waals surface area contributed by atoms with E-state index in [2.05, 4.69) is 0 Å². The van der Waals surface area contributed by atoms with Crippen LogP contribution in [0.25, 0.3) is 0 Å². The fourth-order valence-electron chi connectivity index (χ4n) is 0.972. The third-order valence-electron chi connectivity index (χ3n) is 1.67. The van der Waals surface area contributed by atoms with Gasteiger partial charge in [-0.3, -0.25) is 0 Å². The van der Waals surface area contributed by atoms with Gasteiger partial charge in [0.25, 0.3) is 0 Å². The van der Waals surface area contributed by atoms with Gasteiger partial charge in [-0.15, -0.1) is 0 Å². The van der Waals surface area contributed by atoms with Crippen molar-refractivity contribution in [3.63, 3.8) is 0 Å². The number of halogens is 1. The smallest absolute Gasteiger partial charge is 0.130 e. The standard InChI is InChI=1S/C10H9FO2/c1-13-9-5-4-8(3-2-6-12)10(11)7-9/h2,4-5,7H,3H2,1H3.